The van der Waals surface area contributed by atoms with E-state index in [0.717, 1.165) is 10.9 Å². The van der Waals surface area contributed by atoms with Crippen molar-refractivity contribution in [2.75, 3.05) is 0 Å². The fraction of sp³-hybridized carbons (Fsp3) is 0.0714. The van der Waals surface area contributed by atoms with Crippen molar-refractivity contribution in [1.82, 2.24) is 14.8 Å². The molecule has 0 spiro atoms. The molecule has 0 fully saturated rings. The fourth-order valence-corrected chi connectivity index (χ4v) is 2.50. The van der Waals surface area contributed by atoms with E-state index in [4.69, 9.17) is 0 Å². The fourth-order valence-electron chi connectivity index (χ4n) is 1.96. The van der Waals surface area contributed by atoms with E-state index in [1.54, 1.807) is 12.4 Å². The maximum atomic E-state index is 12.3. The van der Waals surface area contributed by atoms with E-state index in [2.05, 4.69) is 26.0 Å². The Labute approximate surface area is 117 Å². The Morgan fingerprint density at radius 2 is 1.74 bits per heavy atom. The lowest BCUT2D eigenvalue weighted by Crippen LogP contribution is -2.23. The van der Waals surface area contributed by atoms with Crippen molar-refractivity contribution in [1.29, 1.82) is 0 Å². The number of fused-ring (bicyclic) bond motifs is 1. The third kappa shape index (κ3) is 2.29. The number of halogens is 1. The predicted octanol–water partition coefficient (Wildman–Crippen LogP) is 2.60. The van der Waals surface area contributed by atoms with Crippen molar-refractivity contribution < 1.29 is 0 Å². The Morgan fingerprint density at radius 3 is 2.47 bits per heavy atom. The number of hydrogen-bond donors (Lipinski definition) is 0. The smallest absolute Gasteiger partial charge is 0.267 e. The summed E-state index contributed by atoms with van der Waals surface area (Å²) in [6.07, 6.45) is 3.41. The number of rotatable bonds is 2. The van der Waals surface area contributed by atoms with Crippen LogP contribution in [0.2, 0.25) is 0 Å². The molecular weight excluding hydrogens is 306 g/mol. The first-order chi connectivity index (χ1) is 9.25. The lowest BCUT2D eigenvalue weighted by Gasteiger charge is -2.07. The SMILES string of the molecule is O=c1c2ccccc2c(Br)nn1Cc1ccncc1. The molecule has 3 aromatic rings. The Hall–Kier alpha value is -2.01. The number of pyridine rings is 1. The van der Waals surface area contributed by atoms with Crippen molar-refractivity contribution >= 4 is 26.7 Å². The minimum Gasteiger partial charge on any atom is -0.267 e. The Balaban J connectivity index is 2.15. The quantitative estimate of drug-likeness (QED) is 0.730. The van der Waals surface area contributed by atoms with E-state index < -0.39 is 0 Å². The maximum Gasteiger partial charge on any atom is 0.275 e. The normalized spacial score (nSPS) is 10.8. The van der Waals surface area contributed by atoms with Gasteiger partial charge in [0.25, 0.3) is 5.56 Å². The summed E-state index contributed by atoms with van der Waals surface area (Å²) < 4.78 is 2.14. The van der Waals surface area contributed by atoms with Crippen molar-refractivity contribution in [2.24, 2.45) is 0 Å². The molecule has 3 rings (SSSR count). The molecule has 0 aliphatic heterocycles. The number of nitrogens with zero attached hydrogens (tertiary/aromatic N) is 3. The van der Waals surface area contributed by atoms with Crippen LogP contribution in [-0.2, 0) is 6.54 Å². The van der Waals surface area contributed by atoms with E-state index >= 15 is 0 Å². The summed E-state index contributed by atoms with van der Waals surface area (Å²) in [6, 6.07) is 11.2. The highest BCUT2D eigenvalue weighted by molar-refractivity contribution is 9.10. The zero-order chi connectivity index (χ0) is 13.2. The van der Waals surface area contributed by atoms with Crippen molar-refractivity contribution in [2.45, 2.75) is 6.54 Å². The molecule has 0 aliphatic rings. The molecule has 94 valence electrons. The first kappa shape index (κ1) is 12.0. The summed E-state index contributed by atoms with van der Waals surface area (Å²) in [7, 11) is 0. The van der Waals surface area contributed by atoms with Crippen LogP contribution in [0.5, 0.6) is 0 Å². The van der Waals surface area contributed by atoms with Gasteiger partial charge in [-0.2, -0.15) is 5.10 Å². The van der Waals surface area contributed by atoms with Crippen LogP contribution in [0.1, 0.15) is 5.56 Å². The van der Waals surface area contributed by atoms with Crippen LogP contribution < -0.4 is 5.56 Å². The first-order valence-corrected chi connectivity index (χ1v) is 6.59. The van der Waals surface area contributed by atoms with Crippen LogP contribution >= 0.6 is 15.9 Å². The molecule has 2 aromatic heterocycles. The molecule has 4 nitrogen and oxygen atoms in total. The molecule has 0 atom stereocenters. The van der Waals surface area contributed by atoms with Crippen molar-refractivity contribution in [3.8, 4) is 0 Å². The molecule has 5 heteroatoms. The minimum atomic E-state index is -0.0874. The second-order valence-corrected chi connectivity index (χ2v) is 4.91. The van der Waals surface area contributed by atoms with Gasteiger partial charge in [-0.15, -0.1) is 0 Å². The van der Waals surface area contributed by atoms with Crippen LogP contribution in [0.4, 0.5) is 0 Å². The van der Waals surface area contributed by atoms with Gasteiger partial charge in [-0.05, 0) is 39.7 Å². The van der Waals surface area contributed by atoms with Gasteiger partial charge in [-0.1, -0.05) is 18.2 Å². The van der Waals surface area contributed by atoms with Crippen LogP contribution in [-0.4, -0.2) is 14.8 Å². The molecular formula is C14H10BrN3O. The van der Waals surface area contributed by atoms with E-state index in [-0.39, 0.29) is 5.56 Å². The van der Waals surface area contributed by atoms with Crippen LogP contribution in [0, 0.1) is 0 Å². The average molecular weight is 316 g/mol. The van der Waals surface area contributed by atoms with Crippen molar-refractivity contribution in [3.05, 3.63) is 69.3 Å². The summed E-state index contributed by atoms with van der Waals surface area (Å²) in [5, 5.41) is 5.79. The van der Waals surface area contributed by atoms with E-state index in [0.29, 0.717) is 16.5 Å². The average Bonchev–Trinajstić information content (AvgIpc) is 2.46. The molecule has 1 aromatic carbocycles. The Bertz CT molecular complexity index is 784. The Kier molecular flexibility index (Phi) is 3.13. The lowest BCUT2D eigenvalue weighted by atomic mass is 10.2. The van der Waals surface area contributed by atoms with E-state index in [1.165, 1.54) is 4.68 Å². The maximum absolute atomic E-state index is 12.3. The van der Waals surface area contributed by atoms with Gasteiger partial charge in [-0.25, -0.2) is 4.68 Å². The molecule has 0 unspecified atom stereocenters. The van der Waals surface area contributed by atoms with Gasteiger partial charge in [-0.3, -0.25) is 9.78 Å². The molecule has 0 N–H and O–H groups in total. The third-order valence-corrected chi connectivity index (χ3v) is 3.49. The van der Waals surface area contributed by atoms with E-state index in [1.807, 2.05) is 36.4 Å². The molecule has 0 saturated heterocycles. The number of benzene rings is 1. The summed E-state index contributed by atoms with van der Waals surface area (Å²) >= 11 is 3.41. The van der Waals surface area contributed by atoms with Gasteiger partial charge < -0.3 is 0 Å². The molecule has 0 bridgehead atoms. The summed E-state index contributed by atoms with van der Waals surface area (Å²) in [5.41, 5.74) is 0.905. The molecule has 2 heterocycles. The first-order valence-electron chi connectivity index (χ1n) is 5.80. The zero-order valence-electron chi connectivity index (χ0n) is 9.95. The van der Waals surface area contributed by atoms with Crippen LogP contribution in [0.15, 0.2) is 58.2 Å². The van der Waals surface area contributed by atoms with Gasteiger partial charge in [0.15, 0.2) is 0 Å². The summed E-state index contributed by atoms with van der Waals surface area (Å²) in [4.78, 5) is 16.3. The highest BCUT2D eigenvalue weighted by Crippen LogP contribution is 2.18. The zero-order valence-corrected chi connectivity index (χ0v) is 11.5. The Morgan fingerprint density at radius 1 is 1.05 bits per heavy atom. The largest absolute Gasteiger partial charge is 0.275 e. The predicted molar refractivity (Wildman–Crippen MR) is 77.0 cm³/mol. The molecule has 0 saturated carbocycles. The second kappa shape index (κ2) is 4.93. The molecule has 0 aliphatic carbocycles. The monoisotopic (exact) mass is 315 g/mol. The molecule has 0 amide bonds. The molecule has 0 radical (unpaired) electrons. The van der Waals surface area contributed by atoms with Gasteiger partial charge in [0.05, 0.1) is 11.9 Å². The number of aromatic nitrogens is 3. The minimum absolute atomic E-state index is 0.0874. The second-order valence-electron chi connectivity index (χ2n) is 4.15. The highest BCUT2D eigenvalue weighted by Gasteiger charge is 2.08. The van der Waals surface area contributed by atoms with Crippen molar-refractivity contribution in [3.63, 3.8) is 0 Å². The van der Waals surface area contributed by atoms with Gasteiger partial charge in [0, 0.05) is 17.8 Å². The standard InChI is InChI=1S/C14H10BrN3O/c15-13-11-3-1-2-4-12(11)14(19)18(17-13)9-10-5-7-16-8-6-10/h1-8H,9H2. The third-order valence-electron chi connectivity index (χ3n) is 2.90. The van der Waals surface area contributed by atoms with Gasteiger partial charge in [0.1, 0.15) is 4.60 Å². The number of hydrogen-bond acceptors (Lipinski definition) is 3. The van der Waals surface area contributed by atoms with Crippen LogP contribution in [0.25, 0.3) is 10.8 Å². The van der Waals surface area contributed by atoms with Gasteiger partial charge >= 0.3 is 0 Å². The molecule has 19 heavy (non-hydrogen) atoms. The van der Waals surface area contributed by atoms with E-state index in [9.17, 15) is 4.79 Å². The lowest BCUT2D eigenvalue weighted by molar-refractivity contribution is 0.640. The highest BCUT2D eigenvalue weighted by atomic mass is 79.9. The summed E-state index contributed by atoms with van der Waals surface area (Å²) in [5.74, 6) is 0. The van der Waals surface area contributed by atoms with Gasteiger partial charge in [0.2, 0.25) is 0 Å². The van der Waals surface area contributed by atoms with Crippen LogP contribution in [0.3, 0.4) is 0 Å². The summed E-state index contributed by atoms with van der Waals surface area (Å²) in [6.45, 7) is 0.435. The topological polar surface area (TPSA) is 47.8 Å².